The van der Waals surface area contributed by atoms with Crippen LogP contribution in [-0.2, 0) is 14.3 Å². The van der Waals surface area contributed by atoms with E-state index in [4.69, 9.17) is 16.3 Å². The number of esters is 1. The van der Waals surface area contributed by atoms with Gasteiger partial charge in [0.25, 0.3) is 5.91 Å². The van der Waals surface area contributed by atoms with E-state index in [9.17, 15) is 23.6 Å². The van der Waals surface area contributed by atoms with Crippen LogP contribution in [0.5, 0.6) is 0 Å². The van der Waals surface area contributed by atoms with Gasteiger partial charge in [-0.15, -0.1) is 0 Å². The van der Waals surface area contributed by atoms with Crippen molar-refractivity contribution < 1.29 is 28.3 Å². The quantitative estimate of drug-likeness (QED) is 0.219. The van der Waals surface area contributed by atoms with E-state index in [1.165, 1.54) is 66.7 Å². The summed E-state index contributed by atoms with van der Waals surface area (Å²) in [7, 11) is 0. The zero-order chi connectivity index (χ0) is 24.4. The number of hydrogen-bond donors (Lipinski definition) is 0. The van der Waals surface area contributed by atoms with Crippen LogP contribution >= 0.6 is 11.6 Å². The molecule has 3 aromatic carbocycles. The van der Waals surface area contributed by atoms with Gasteiger partial charge < -0.3 is 4.74 Å². The summed E-state index contributed by atoms with van der Waals surface area (Å²) >= 11 is 5.91. The van der Waals surface area contributed by atoms with E-state index in [0.717, 1.165) is 4.90 Å². The van der Waals surface area contributed by atoms with Gasteiger partial charge in [0, 0.05) is 21.8 Å². The van der Waals surface area contributed by atoms with Gasteiger partial charge in [0.05, 0.1) is 18.2 Å². The van der Waals surface area contributed by atoms with Gasteiger partial charge in [-0.25, -0.2) is 9.18 Å². The molecule has 1 saturated heterocycles. The van der Waals surface area contributed by atoms with Gasteiger partial charge in [-0.1, -0.05) is 29.8 Å². The Kier molecular flexibility index (Phi) is 6.56. The molecule has 2 unspecified atom stereocenters. The van der Waals surface area contributed by atoms with Gasteiger partial charge in [-0.05, 0) is 61.5 Å². The first-order valence-electron chi connectivity index (χ1n) is 10.5. The molecule has 1 aliphatic heterocycles. The van der Waals surface area contributed by atoms with Crippen LogP contribution in [-0.4, -0.2) is 30.0 Å². The maximum absolute atomic E-state index is 14.9. The summed E-state index contributed by atoms with van der Waals surface area (Å²) < 4.78 is 19.9. The van der Waals surface area contributed by atoms with E-state index >= 15 is 0 Å². The third-order valence-electron chi connectivity index (χ3n) is 5.60. The molecule has 0 aliphatic carbocycles. The Balaban J connectivity index is 1.81. The third kappa shape index (κ3) is 4.22. The largest absolute Gasteiger partial charge is 0.462 e. The average molecular weight is 480 g/mol. The number of Topliss-reactive ketones (excluding diaryl/α,β-unsaturated/α-hetero) is 2. The fourth-order valence-electron chi connectivity index (χ4n) is 4.01. The molecule has 0 N–H and O–H groups in total. The number of halogens is 2. The van der Waals surface area contributed by atoms with Crippen molar-refractivity contribution in [3.63, 3.8) is 0 Å². The number of ether oxygens (including phenoxy) is 1. The molecule has 1 heterocycles. The number of hydrogen-bond acceptors (Lipinski definition) is 5. The molecule has 8 heteroatoms. The number of carbonyl (C=O) groups is 4. The van der Waals surface area contributed by atoms with Crippen molar-refractivity contribution in [1.82, 2.24) is 0 Å². The van der Waals surface area contributed by atoms with Gasteiger partial charge in [-0.3, -0.25) is 19.3 Å². The van der Waals surface area contributed by atoms with Crippen LogP contribution in [0.2, 0.25) is 5.02 Å². The molecule has 4 rings (SSSR count). The highest BCUT2D eigenvalue weighted by atomic mass is 35.5. The number of anilines is 1. The second-order valence-electron chi connectivity index (χ2n) is 7.62. The van der Waals surface area contributed by atoms with Gasteiger partial charge in [0.15, 0.2) is 5.78 Å². The highest BCUT2D eigenvalue weighted by Crippen LogP contribution is 2.42. The molecule has 3 aromatic rings. The molecule has 0 saturated carbocycles. The van der Waals surface area contributed by atoms with Crippen molar-refractivity contribution >= 4 is 40.7 Å². The topological polar surface area (TPSA) is 80.8 Å². The maximum atomic E-state index is 14.9. The van der Waals surface area contributed by atoms with E-state index in [1.54, 1.807) is 13.0 Å². The predicted molar refractivity (Wildman–Crippen MR) is 123 cm³/mol. The van der Waals surface area contributed by atoms with Crippen molar-refractivity contribution in [2.24, 2.45) is 5.92 Å². The molecule has 172 valence electrons. The number of benzene rings is 3. The Hall–Kier alpha value is -3.84. The second kappa shape index (κ2) is 9.57. The van der Waals surface area contributed by atoms with Crippen LogP contribution in [0.3, 0.4) is 0 Å². The molecule has 0 bridgehead atoms. The lowest BCUT2D eigenvalue weighted by Crippen LogP contribution is -2.31. The first-order chi connectivity index (χ1) is 16.3. The molecule has 0 aromatic heterocycles. The third-order valence-corrected chi connectivity index (χ3v) is 5.85. The average Bonchev–Trinajstić information content (AvgIpc) is 3.10. The van der Waals surface area contributed by atoms with Crippen LogP contribution in [0.4, 0.5) is 10.1 Å². The van der Waals surface area contributed by atoms with Gasteiger partial charge in [0.2, 0.25) is 5.78 Å². The highest BCUT2D eigenvalue weighted by Gasteiger charge is 2.53. The monoisotopic (exact) mass is 479 g/mol. The van der Waals surface area contributed by atoms with Gasteiger partial charge in [0.1, 0.15) is 11.7 Å². The molecule has 2 atom stereocenters. The van der Waals surface area contributed by atoms with Crippen molar-refractivity contribution in [3.05, 3.63) is 100 Å². The lowest BCUT2D eigenvalue weighted by Gasteiger charge is -2.27. The summed E-state index contributed by atoms with van der Waals surface area (Å²) in [5, 5.41) is 0.402. The zero-order valence-corrected chi connectivity index (χ0v) is 18.8. The molecule has 0 spiro atoms. The highest BCUT2D eigenvalue weighted by molar-refractivity contribution is 6.49. The van der Waals surface area contributed by atoms with E-state index in [-0.39, 0.29) is 29.0 Å². The number of rotatable bonds is 6. The van der Waals surface area contributed by atoms with Crippen LogP contribution in [0.15, 0.2) is 72.8 Å². The van der Waals surface area contributed by atoms with Crippen molar-refractivity contribution in [3.8, 4) is 0 Å². The molecule has 1 aliphatic rings. The van der Waals surface area contributed by atoms with Crippen LogP contribution in [0.25, 0.3) is 0 Å². The summed E-state index contributed by atoms with van der Waals surface area (Å²) in [5.74, 6) is -5.16. The summed E-state index contributed by atoms with van der Waals surface area (Å²) in [5.41, 5.74) is 0.700. The van der Waals surface area contributed by atoms with E-state index in [1.807, 2.05) is 0 Å². The van der Waals surface area contributed by atoms with Crippen LogP contribution < -0.4 is 4.90 Å². The Morgan fingerprint density at radius 2 is 1.56 bits per heavy atom. The maximum Gasteiger partial charge on any atom is 0.338 e. The smallest absolute Gasteiger partial charge is 0.338 e. The first kappa shape index (κ1) is 23.3. The van der Waals surface area contributed by atoms with Crippen molar-refractivity contribution in [1.29, 1.82) is 0 Å². The molecular formula is C26H19ClFNO5. The fraction of sp³-hybridized carbons (Fsp3) is 0.154. The first-order valence-corrected chi connectivity index (χ1v) is 10.9. The van der Waals surface area contributed by atoms with E-state index in [0.29, 0.717) is 5.02 Å². The molecule has 6 nitrogen and oxygen atoms in total. The van der Waals surface area contributed by atoms with Crippen molar-refractivity contribution in [2.45, 2.75) is 13.0 Å². The predicted octanol–water partition coefficient (Wildman–Crippen LogP) is 4.81. The summed E-state index contributed by atoms with van der Waals surface area (Å²) in [6, 6.07) is 16.2. The Bertz CT molecular complexity index is 1270. The van der Waals surface area contributed by atoms with Crippen LogP contribution in [0.1, 0.15) is 39.2 Å². The summed E-state index contributed by atoms with van der Waals surface area (Å²) in [4.78, 5) is 52.7. The lowest BCUT2D eigenvalue weighted by molar-refractivity contribution is -0.135. The van der Waals surface area contributed by atoms with Crippen LogP contribution in [0, 0.1) is 11.7 Å². The molecule has 0 radical (unpaired) electrons. The van der Waals surface area contributed by atoms with E-state index < -0.39 is 41.2 Å². The standard InChI is InChI=1S/C26H19ClFNO5/c1-2-34-26(33)16-9-13-18(14-10-16)29-22(19-5-3-4-6-20(19)28)21(24(31)25(29)32)23(30)15-7-11-17(27)12-8-15/h3-14,21-22H,2H2,1H3. The molecule has 34 heavy (non-hydrogen) atoms. The molecule has 1 fully saturated rings. The minimum atomic E-state index is -1.46. The molecule has 1 amide bonds. The number of nitrogens with zero attached hydrogens (tertiary/aromatic N) is 1. The van der Waals surface area contributed by atoms with Crippen molar-refractivity contribution in [2.75, 3.05) is 11.5 Å². The number of amides is 1. The Morgan fingerprint density at radius 3 is 2.18 bits per heavy atom. The van der Waals surface area contributed by atoms with E-state index in [2.05, 4.69) is 0 Å². The minimum absolute atomic E-state index is 0.0310. The van der Waals surface area contributed by atoms with Gasteiger partial charge in [-0.2, -0.15) is 0 Å². The normalized spacial score (nSPS) is 17.7. The van der Waals surface area contributed by atoms with Gasteiger partial charge >= 0.3 is 5.97 Å². The second-order valence-corrected chi connectivity index (χ2v) is 8.06. The fourth-order valence-corrected chi connectivity index (χ4v) is 4.14. The number of carbonyl (C=O) groups excluding carboxylic acids is 4. The summed E-state index contributed by atoms with van der Waals surface area (Å²) in [6.07, 6.45) is 0. The Labute approximate surface area is 199 Å². The summed E-state index contributed by atoms with van der Waals surface area (Å²) in [6.45, 7) is 1.88. The number of ketones is 2. The molecular weight excluding hydrogens is 461 g/mol. The zero-order valence-electron chi connectivity index (χ0n) is 18.0. The minimum Gasteiger partial charge on any atom is -0.462 e. The lowest BCUT2D eigenvalue weighted by atomic mass is 9.86. The Morgan fingerprint density at radius 1 is 0.941 bits per heavy atom. The SMILES string of the molecule is CCOC(=O)c1ccc(N2C(=O)C(=O)C(C(=O)c3ccc(Cl)cc3)C2c2ccccc2F)cc1.